The summed E-state index contributed by atoms with van der Waals surface area (Å²) in [5, 5.41) is 4.47. The molecule has 0 bridgehead atoms. The molecule has 4 rings (SSSR count). The van der Waals surface area contributed by atoms with Gasteiger partial charge in [-0.05, 0) is 38.0 Å². The number of aromatic nitrogens is 3. The van der Waals surface area contributed by atoms with Crippen LogP contribution in [0.3, 0.4) is 0 Å². The maximum Gasteiger partial charge on any atom is 0.188 e. The summed E-state index contributed by atoms with van der Waals surface area (Å²) < 4.78 is 5.52. The van der Waals surface area contributed by atoms with Crippen LogP contribution in [0.1, 0.15) is 33.5 Å². The normalized spacial score (nSPS) is 14.4. The summed E-state index contributed by atoms with van der Waals surface area (Å²) in [4.78, 5) is 31.5. The molecule has 1 saturated heterocycles. The Morgan fingerprint density at radius 1 is 1.21 bits per heavy atom. The van der Waals surface area contributed by atoms with Gasteiger partial charge in [0, 0.05) is 50.3 Å². The molecule has 1 fully saturated rings. The molecule has 1 aromatic carbocycles. The van der Waals surface area contributed by atoms with Crippen molar-refractivity contribution >= 4 is 45.5 Å². The van der Waals surface area contributed by atoms with Crippen LogP contribution in [0.4, 0.5) is 16.8 Å². The average Bonchev–Trinajstić information content (AvgIpc) is 3.28. The van der Waals surface area contributed by atoms with Gasteiger partial charge in [-0.15, -0.1) is 0 Å². The Morgan fingerprint density at radius 3 is 2.74 bits per heavy atom. The second kappa shape index (κ2) is 11.2. The number of rotatable bonds is 9. The summed E-state index contributed by atoms with van der Waals surface area (Å²) in [5.74, 6) is 2.22. The second-order valence-electron chi connectivity index (χ2n) is 8.18. The van der Waals surface area contributed by atoms with Crippen molar-refractivity contribution in [1.29, 1.82) is 0 Å². The van der Waals surface area contributed by atoms with E-state index in [-0.39, 0.29) is 12.2 Å². The van der Waals surface area contributed by atoms with Gasteiger partial charge in [0.1, 0.15) is 17.5 Å². The predicted molar refractivity (Wildman–Crippen MR) is 137 cm³/mol. The number of piperazine rings is 1. The molecule has 10 heteroatoms. The molecule has 1 aliphatic heterocycles. The molecule has 0 spiro atoms. The molecule has 0 radical (unpaired) electrons. The van der Waals surface area contributed by atoms with Gasteiger partial charge in [0.25, 0.3) is 0 Å². The smallest absolute Gasteiger partial charge is 0.188 e. The molecule has 0 aliphatic carbocycles. The molecule has 180 valence electrons. The van der Waals surface area contributed by atoms with Crippen molar-refractivity contribution in [2.24, 2.45) is 0 Å². The topological polar surface area (TPSA) is 83.5 Å². The van der Waals surface area contributed by atoms with E-state index in [1.54, 1.807) is 6.20 Å². The lowest BCUT2D eigenvalue weighted by atomic mass is 10.0. The summed E-state index contributed by atoms with van der Waals surface area (Å²) >= 11 is 7.61. The molecule has 3 aromatic rings. The summed E-state index contributed by atoms with van der Waals surface area (Å²) in [7, 11) is 0. The lowest BCUT2D eigenvalue weighted by Crippen LogP contribution is -2.47. The Bertz CT molecular complexity index is 1130. The highest BCUT2D eigenvalue weighted by Gasteiger charge is 2.20. The van der Waals surface area contributed by atoms with Crippen LogP contribution in [0, 0.1) is 13.8 Å². The Morgan fingerprint density at radius 2 is 2.00 bits per heavy atom. The first-order valence-electron chi connectivity index (χ1n) is 11.3. The third-order valence-electron chi connectivity index (χ3n) is 5.70. The number of ketones is 1. The zero-order valence-electron chi connectivity index (χ0n) is 19.7. The minimum Gasteiger partial charge on any atom is -0.366 e. The molecule has 34 heavy (non-hydrogen) atoms. The molecule has 0 atom stereocenters. The Hall–Kier alpha value is -2.59. The fourth-order valence-electron chi connectivity index (χ4n) is 3.81. The predicted octanol–water partition coefficient (Wildman–Crippen LogP) is 4.49. The van der Waals surface area contributed by atoms with Crippen LogP contribution in [0.25, 0.3) is 0 Å². The highest BCUT2D eigenvalue weighted by molar-refractivity contribution is 7.17. The maximum absolute atomic E-state index is 12.8. The molecular weight excluding hydrogens is 472 g/mol. The molecule has 2 aromatic heterocycles. The zero-order chi connectivity index (χ0) is 24.1. The SMILES string of the molecule is CCOCN1CCN(c2cc(Nc3ncc(C(=O)Cc4c(C)cccc4Cl)s3)nc(C)n2)CC1. The summed E-state index contributed by atoms with van der Waals surface area (Å²) in [6.45, 7) is 10.8. The molecule has 8 nitrogen and oxygen atoms in total. The molecule has 1 aliphatic rings. The van der Waals surface area contributed by atoms with Crippen LogP contribution >= 0.6 is 22.9 Å². The van der Waals surface area contributed by atoms with Gasteiger partial charge < -0.3 is 15.0 Å². The van der Waals surface area contributed by atoms with Gasteiger partial charge in [0.05, 0.1) is 17.8 Å². The number of nitrogens with one attached hydrogen (secondary N) is 1. The van der Waals surface area contributed by atoms with Gasteiger partial charge in [0.15, 0.2) is 10.9 Å². The molecule has 1 N–H and O–H groups in total. The van der Waals surface area contributed by atoms with Crippen LogP contribution in [0.15, 0.2) is 30.5 Å². The minimum absolute atomic E-state index is 0.00812. The van der Waals surface area contributed by atoms with Crippen LogP contribution in [-0.4, -0.2) is 65.2 Å². The summed E-state index contributed by atoms with van der Waals surface area (Å²) in [6, 6.07) is 7.59. The van der Waals surface area contributed by atoms with E-state index in [4.69, 9.17) is 16.3 Å². The number of carbonyl (C=O) groups excluding carboxylic acids is 1. The van der Waals surface area contributed by atoms with E-state index >= 15 is 0 Å². The van der Waals surface area contributed by atoms with Crippen molar-refractivity contribution in [3.05, 3.63) is 57.3 Å². The first-order valence-corrected chi connectivity index (χ1v) is 12.5. The Labute approximate surface area is 209 Å². The van der Waals surface area contributed by atoms with Crippen LogP contribution in [-0.2, 0) is 11.2 Å². The van der Waals surface area contributed by atoms with E-state index in [1.807, 2.05) is 45.0 Å². The van der Waals surface area contributed by atoms with Gasteiger partial charge in [-0.1, -0.05) is 35.1 Å². The summed E-state index contributed by atoms with van der Waals surface area (Å²) in [5.41, 5.74) is 1.86. The van der Waals surface area contributed by atoms with Gasteiger partial charge in [-0.25, -0.2) is 15.0 Å². The standard InChI is InChI=1S/C24H29ClN6O2S/c1-4-33-15-30-8-10-31(11-9-30)23-13-22(27-17(3)28-23)29-24-26-14-21(34-24)20(32)12-18-16(2)6-5-7-19(18)25/h5-7,13-14H,4,8-12,15H2,1-3H3,(H,26,27,28,29). The maximum atomic E-state index is 12.8. The van der Waals surface area contributed by atoms with Crippen molar-refractivity contribution in [2.45, 2.75) is 27.2 Å². The number of halogens is 1. The van der Waals surface area contributed by atoms with Gasteiger partial charge >= 0.3 is 0 Å². The number of ether oxygens (including phenoxy) is 1. The van der Waals surface area contributed by atoms with Crippen LogP contribution < -0.4 is 10.2 Å². The van der Waals surface area contributed by atoms with Gasteiger partial charge in [0.2, 0.25) is 0 Å². The van der Waals surface area contributed by atoms with E-state index in [0.717, 1.165) is 49.7 Å². The van der Waals surface area contributed by atoms with E-state index in [9.17, 15) is 4.79 Å². The highest BCUT2D eigenvalue weighted by Crippen LogP contribution is 2.27. The average molecular weight is 501 g/mol. The number of nitrogens with zero attached hydrogens (tertiary/aromatic N) is 5. The number of thiazole rings is 1. The highest BCUT2D eigenvalue weighted by atomic mass is 35.5. The van der Waals surface area contributed by atoms with Crippen molar-refractivity contribution in [3.8, 4) is 0 Å². The molecular formula is C24H29ClN6O2S. The van der Waals surface area contributed by atoms with Gasteiger partial charge in [-0.3, -0.25) is 9.69 Å². The molecule has 3 heterocycles. The van der Waals surface area contributed by atoms with Gasteiger partial charge in [-0.2, -0.15) is 0 Å². The number of benzene rings is 1. The number of aryl methyl sites for hydroxylation is 2. The van der Waals surface area contributed by atoms with E-state index in [2.05, 4.69) is 30.1 Å². The fourth-order valence-corrected chi connectivity index (χ4v) is 4.86. The first kappa shape index (κ1) is 24.5. The number of hydrogen-bond donors (Lipinski definition) is 1. The third-order valence-corrected chi connectivity index (χ3v) is 7.01. The number of hydrogen-bond acceptors (Lipinski definition) is 9. The minimum atomic E-state index is -0.00812. The molecule has 0 saturated carbocycles. The lowest BCUT2D eigenvalue weighted by molar-refractivity contribution is 0.0325. The molecule has 0 amide bonds. The molecule has 0 unspecified atom stereocenters. The first-order chi connectivity index (χ1) is 16.4. The Balaban J connectivity index is 1.41. The van der Waals surface area contributed by atoms with Crippen molar-refractivity contribution in [1.82, 2.24) is 19.9 Å². The number of Topliss-reactive ketones (excluding diaryl/α,β-unsaturated/α-hetero) is 1. The van der Waals surface area contributed by atoms with E-state index < -0.39 is 0 Å². The van der Waals surface area contributed by atoms with Crippen molar-refractivity contribution in [3.63, 3.8) is 0 Å². The lowest BCUT2D eigenvalue weighted by Gasteiger charge is -2.35. The second-order valence-corrected chi connectivity index (χ2v) is 9.61. The largest absolute Gasteiger partial charge is 0.366 e. The quantitative estimate of drug-likeness (QED) is 0.430. The van der Waals surface area contributed by atoms with E-state index in [1.165, 1.54) is 11.3 Å². The van der Waals surface area contributed by atoms with Crippen LogP contribution in [0.5, 0.6) is 0 Å². The fraction of sp³-hybridized carbons (Fsp3) is 0.417. The van der Waals surface area contributed by atoms with Crippen molar-refractivity contribution in [2.75, 3.05) is 49.7 Å². The zero-order valence-corrected chi connectivity index (χ0v) is 21.2. The monoisotopic (exact) mass is 500 g/mol. The van der Waals surface area contributed by atoms with Crippen molar-refractivity contribution < 1.29 is 9.53 Å². The summed E-state index contributed by atoms with van der Waals surface area (Å²) in [6.07, 6.45) is 1.85. The number of anilines is 3. The third kappa shape index (κ3) is 6.09. The number of carbonyl (C=O) groups is 1. The van der Waals surface area contributed by atoms with E-state index in [0.29, 0.717) is 33.4 Å². The van der Waals surface area contributed by atoms with Crippen LogP contribution in [0.2, 0.25) is 5.02 Å². The Kier molecular flexibility index (Phi) is 8.10.